The number of hydrogen-bond acceptors (Lipinski definition) is 1. The van der Waals surface area contributed by atoms with Crippen LogP contribution in [-0.2, 0) is 6.54 Å². The van der Waals surface area contributed by atoms with E-state index in [1.54, 1.807) is 12.1 Å². The molecule has 0 amide bonds. The SMILES string of the molecule is FC(F)(F)Cn1ncc2c(Cl)cc(Br)cc21. The zero-order chi connectivity index (χ0) is 11.9. The van der Waals surface area contributed by atoms with Crippen molar-refractivity contribution >= 4 is 38.4 Å². The number of halogens is 5. The summed E-state index contributed by atoms with van der Waals surface area (Å²) in [6.45, 7) is -1.12. The molecule has 1 heterocycles. The number of rotatable bonds is 1. The highest BCUT2D eigenvalue weighted by molar-refractivity contribution is 9.10. The number of fused-ring (bicyclic) bond motifs is 1. The van der Waals surface area contributed by atoms with E-state index in [2.05, 4.69) is 21.0 Å². The maximum Gasteiger partial charge on any atom is 0.408 e. The van der Waals surface area contributed by atoms with Crippen molar-refractivity contribution in [1.29, 1.82) is 0 Å². The lowest BCUT2D eigenvalue weighted by molar-refractivity contribution is -0.141. The van der Waals surface area contributed by atoms with Crippen LogP contribution in [0.2, 0.25) is 5.02 Å². The highest BCUT2D eigenvalue weighted by Gasteiger charge is 2.29. The molecule has 0 aliphatic rings. The minimum absolute atomic E-state index is 0.358. The van der Waals surface area contributed by atoms with Gasteiger partial charge in [-0.3, -0.25) is 4.68 Å². The van der Waals surface area contributed by atoms with Crippen LogP contribution in [0.1, 0.15) is 0 Å². The van der Waals surface area contributed by atoms with E-state index < -0.39 is 12.7 Å². The first-order valence-corrected chi connectivity index (χ1v) is 5.41. The smallest absolute Gasteiger partial charge is 0.256 e. The average molecular weight is 314 g/mol. The second-order valence-electron chi connectivity index (χ2n) is 3.24. The molecule has 86 valence electrons. The maximum atomic E-state index is 12.2. The third-order valence-electron chi connectivity index (χ3n) is 2.01. The van der Waals surface area contributed by atoms with Crippen molar-refractivity contribution < 1.29 is 13.2 Å². The van der Waals surface area contributed by atoms with Gasteiger partial charge in [-0.2, -0.15) is 18.3 Å². The molecule has 0 saturated heterocycles. The molecule has 1 aromatic carbocycles. The summed E-state index contributed by atoms with van der Waals surface area (Å²) < 4.78 is 38.2. The summed E-state index contributed by atoms with van der Waals surface area (Å²) in [6, 6.07) is 3.17. The van der Waals surface area contributed by atoms with Crippen molar-refractivity contribution in [2.75, 3.05) is 0 Å². The predicted octanol–water partition coefficient (Wildman–Crippen LogP) is 4.01. The average Bonchev–Trinajstić information content (AvgIpc) is 2.46. The molecule has 0 bridgehead atoms. The van der Waals surface area contributed by atoms with Crippen LogP contribution in [0.3, 0.4) is 0 Å². The van der Waals surface area contributed by atoms with Crippen molar-refractivity contribution in [1.82, 2.24) is 9.78 Å². The molecule has 0 spiro atoms. The Morgan fingerprint density at radius 2 is 2.06 bits per heavy atom. The van der Waals surface area contributed by atoms with Gasteiger partial charge in [-0.1, -0.05) is 27.5 Å². The summed E-state index contributed by atoms with van der Waals surface area (Å²) in [7, 11) is 0. The molecule has 7 heteroatoms. The summed E-state index contributed by atoms with van der Waals surface area (Å²) in [5.74, 6) is 0. The van der Waals surface area contributed by atoms with E-state index in [0.29, 0.717) is 20.4 Å². The van der Waals surface area contributed by atoms with Crippen LogP contribution in [0.5, 0.6) is 0 Å². The van der Waals surface area contributed by atoms with Gasteiger partial charge in [0.25, 0.3) is 0 Å². The third-order valence-corrected chi connectivity index (χ3v) is 2.78. The fourth-order valence-corrected chi connectivity index (χ4v) is 2.24. The van der Waals surface area contributed by atoms with Gasteiger partial charge in [-0.25, -0.2) is 0 Å². The molecule has 0 aliphatic heterocycles. The van der Waals surface area contributed by atoms with E-state index >= 15 is 0 Å². The van der Waals surface area contributed by atoms with Gasteiger partial charge in [0.1, 0.15) is 6.54 Å². The van der Waals surface area contributed by atoms with Crippen LogP contribution in [0.15, 0.2) is 22.8 Å². The molecule has 0 saturated carbocycles. The number of nitrogens with zero attached hydrogens (tertiary/aromatic N) is 2. The van der Waals surface area contributed by atoms with E-state index in [0.717, 1.165) is 4.68 Å². The summed E-state index contributed by atoms with van der Waals surface area (Å²) >= 11 is 9.06. The Bertz CT molecular complexity index is 535. The van der Waals surface area contributed by atoms with Gasteiger partial charge in [0, 0.05) is 9.86 Å². The molecule has 2 nitrogen and oxygen atoms in total. The van der Waals surface area contributed by atoms with E-state index in [1.807, 2.05) is 0 Å². The number of hydrogen-bond donors (Lipinski definition) is 0. The van der Waals surface area contributed by atoms with Crippen LogP contribution in [-0.4, -0.2) is 16.0 Å². The van der Waals surface area contributed by atoms with Crippen LogP contribution in [0.25, 0.3) is 10.9 Å². The lowest BCUT2D eigenvalue weighted by Gasteiger charge is -2.07. The standard InChI is InChI=1S/C9H5BrClF3N2/c10-5-1-7(11)6-3-15-16(8(6)2-5)4-9(12,13)14/h1-3H,4H2. The molecule has 0 unspecified atom stereocenters. The van der Waals surface area contributed by atoms with Gasteiger partial charge in [-0.05, 0) is 12.1 Å². The molecule has 16 heavy (non-hydrogen) atoms. The highest BCUT2D eigenvalue weighted by Crippen LogP contribution is 2.29. The molecular formula is C9H5BrClF3N2. The number of alkyl halides is 3. The third kappa shape index (κ3) is 2.32. The topological polar surface area (TPSA) is 17.8 Å². The molecule has 2 rings (SSSR count). The van der Waals surface area contributed by atoms with E-state index in [4.69, 9.17) is 11.6 Å². The van der Waals surface area contributed by atoms with Crippen LogP contribution >= 0.6 is 27.5 Å². The van der Waals surface area contributed by atoms with Gasteiger partial charge < -0.3 is 0 Å². The fraction of sp³-hybridized carbons (Fsp3) is 0.222. The van der Waals surface area contributed by atoms with Gasteiger partial charge in [0.05, 0.1) is 16.7 Å². The van der Waals surface area contributed by atoms with Crippen molar-refractivity contribution in [3.8, 4) is 0 Å². The first-order valence-electron chi connectivity index (χ1n) is 4.24. The molecule has 2 aromatic rings. The minimum atomic E-state index is -4.30. The monoisotopic (exact) mass is 312 g/mol. The van der Waals surface area contributed by atoms with E-state index in [1.165, 1.54) is 6.20 Å². The first kappa shape index (κ1) is 11.7. The normalized spacial score (nSPS) is 12.3. The van der Waals surface area contributed by atoms with Crippen molar-refractivity contribution in [2.45, 2.75) is 12.7 Å². The first-order chi connectivity index (χ1) is 7.37. The summed E-state index contributed by atoms with van der Waals surface area (Å²) in [4.78, 5) is 0. The molecule has 0 aliphatic carbocycles. The van der Waals surface area contributed by atoms with Crippen molar-refractivity contribution in [2.24, 2.45) is 0 Å². The molecule has 0 radical (unpaired) electrons. The molecule has 0 fully saturated rings. The van der Waals surface area contributed by atoms with Crippen LogP contribution in [0.4, 0.5) is 13.2 Å². The fourth-order valence-electron chi connectivity index (χ4n) is 1.40. The summed E-state index contributed by atoms with van der Waals surface area (Å²) in [6.07, 6.45) is -2.97. The Hall–Kier alpha value is -0.750. The molecule has 1 aromatic heterocycles. The van der Waals surface area contributed by atoms with Gasteiger partial charge in [-0.15, -0.1) is 0 Å². The van der Waals surface area contributed by atoms with Crippen LogP contribution < -0.4 is 0 Å². The Labute approximate surface area is 102 Å². The Kier molecular flexibility index (Phi) is 2.88. The highest BCUT2D eigenvalue weighted by atomic mass is 79.9. The van der Waals surface area contributed by atoms with Gasteiger partial charge in [0.2, 0.25) is 0 Å². The minimum Gasteiger partial charge on any atom is -0.256 e. The van der Waals surface area contributed by atoms with Crippen LogP contribution in [0, 0.1) is 0 Å². The zero-order valence-corrected chi connectivity index (χ0v) is 10.1. The van der Waals surface area contributed by atoms with Crippen molar-refractivity contribution in [3.63, 3.8) is 0 Å². The van der Waals surface area contributed by atoms with Gasteiger partial charge >= 0.3 is 6.18 Å². The largest absolute Gasteiger partial charge is 0.408 e. The summed E-state index contributed by atoms with van der Waals surface area (Å²) in [5.41, 5.74) is 0.358. The molecular weight excluding hydrogens is 308 g/mol. The molecule has 0 atom stereocenters. The second kappa shape index (κ2) is 3.92. The Balaban J connectivity index is 2.56. The quantitative estimate of drug-likeness (QED) is 0.777. The zero-order valence-electron chi connectivity index (χ0n) is 7.72. The number of benzene rings is 1. The summed E-state index contributed by atoms with van der Waals surface area (Å²) in [5, 5.41) is 4.56. The van der Waals surface area contributed by atoms with E-state index in [-0.39, 0.29) is 0 Å². The van der Waals surface area contributed by atoms with Crippen molar-refractivity contribution in [3.05, 3.63) is 27.8 Å². The Morgan fingerprint density at radius 3 is 2.69 bits per heavy atom. The second-order valence-corrected chi connectivity index (χ2v) is 4.56. The lowest BCUT2D eigenvalue weighted by Crippen LogP contribution is -2.18. The molecule has 0 N–H and O–H groups in total. The lowest BCUT2D eigenvalue weighted by atomic mass is 10.2. The Morgan fingerprint density at radius 1 is 1.38 bits per heavy atom. The van der Waals surface area contributed by atoms with E-state index in [9.17, 15) is 13.2 Å². The van der Waals surface area contributed by atoms with Gasteiger partial charge in [0.15, 0.2) is 0 Å². The predicted molar refractivity (Wildman–Crippen MR) is 58.5 cm³/mol. The maximum absolute atomic E-state index is 12.2. The number of aromatic nitrogens is 2.